The van der Waals surface area contributed by atoms with Gasteiger partial charge < -0.3 is 4.74 Å². The summed E-state index contributed by atoms with van der Waals surface area (Å²) in [6, 6.07) is 0. The summed E-state index contributed by atoms with van der Waals surface area (Å²) in [7, 11) is 0. The van der Waals surface area contributed by atoms with Crippen LogP contribution in [0.3, 0.4) is 0 Å². The number of carbonyl (C=O) groups excluding carboxylic acids is 1. The lowest BCUT2D eigenvalue weighted by Gasteiger charge is -2.07. The van der Waals surface area contributed by atoms with Gasteiger partial charge in [0.25, 0.3) is 0 Å². The van der Waals surface area contributed by atoms with E-state index < -0.39 is 0 Å². The van der Waals surface area contributed by atoms with Gasteiger partial charge in [0.15, 0.2) is 0 Å². The lowest BCUT2D eigenvalue weighted by atomic mass is 10.0. The van der Waals surface area contributed by atoms with E-state index in [4.69, 9.17) is 4.74 Å². The predicted molar refractivity (Wildman–Crippen MR) is 82.2 cm³/mol. The van der Waals surface area contributed by atoms with Crippen molar-refractivity contribution in [1.29, 1.82) is 0 Å². The first kappa shape index (κ1) is 18.5. The van der Waals surface area contributed by atoms with Crippen molar-refractivity contribution < 1.29 is 9.53 Å². The van der Waals surface area contributed by atoms with Crippen LogP contribution in [0, 0.1) is 11.8 Å². The van der Waals surface area contributed by atoms with E-state index in [1.54, 1.807) is 0 Å². The Morgan fingerprint density at radius 1 is 0.789 bits per heavy atom. The molecule has 0 unspecified atom stereocenters. The molecule has 0 aromatic rings. The number of hydrogen-bond acceptors (Lipinski definition) is 2. The average Bonchev–Trinajstić information content (AvgIpc) is 2.31. The summed E-state index contributed by atoms with van der Waals surface area (Å²) in [6.45, 7) is 9.45. The van der Waals surface area contributed by atoms with Crippen molar-refractivity contribution in [1.82, 2.24) is 0 Å². The number of carbonyl (C=O) groups is 1. The van der Waals surface area contributed by atoms with Gasteiger partial charge in [-0.15, -0.1) is 0 Å². The molecule has 0 saturated heterocycles. The SMILES string of the molecule is CC(C)CCCCCCCCC(=O)OCCC(C)C. The standard InChI is InChI=1S/C17H34O2/c1-15(2)11-9-7-5-6-8-10-12-17(18)19-14-13-16(3)4/h15-16H,5-14H2,1-4H3. The van der Waals surface area contributed by atoms with Gasteiger partial charge >= 0.3 is 5.97 Å². The molecule has 0 aliphatic rings. The van der Waals surface area contributed by atoms with E-state index in [-0.39, 0.29) is 5.97 Å². The first-order valence-corrected chi connectivity index (χ1v) is 8.18. The Kier molecular flexibility index (Phi) is 12.2. The largest absolute Gasteiger partial charge is 0.466 e. The molecule has 0 radical (unpaired) electrons. The van der Waals surface area contributed by atoms with E-state index in [9.17, 15) is 4.79 Å². The third-order valence-electron chi connectivity index (χ3n) is 3.37. The van der Waals surface area contributed by atoms with Crippen molar-refractivity contribution in [3.63, 3.8) is 0 Å². The molecule has 0 heterocycles. The summed E-state index contributed by atoms with van der Waals surface area (Å²) in [5, 5.41) is 0. The monoisotopic (exact) mass is 270 g/mol. The second-order valence-corrected chi connectivity index (χ2v) is 6.46. The molecular weight excluding hydrogens is 236 g/mol. The van der Waals surface area contributed by atoms with Crippen LogP contribution in [0.2, 0.25) is 0 Å². The Bertz CT molecular complexity index is 209. The van der Waals surface area contributed by atoms with Crippen LogP contribution in [0.5, 0.6) is 0 Å². The minimum atomic E-state index is -0.0135. The zero-order valence-electron chi connectivity index (χ0n) is 13.5. The van der Waals surface area contributed by atoms with E-state index >= 15 is 0 Å². The van der Waals surface area contributed by atoms with Crippen LogP contribution < -0.4 is 0 Å². The van der Waals surface area contributed by atoms with Crippen molar-refractivity contribution >= 4 is 5.97 Å². The number of unbranched alkanes of at least 4 members (excludes halogenated alkanes) is 5. The molecule has 0 saturated carbocycles. The second kappa shape index (κ2) is 12.5. The molecule has 0 aliphatic heterocycles. The smallest absolute Gasteiger partial charge is 0.305 e. The van der Waals surface area contributed by atoms with E-state index in [1.807, 2.05) is 0 Å². The van der Waals surface area contributed by atoms with Gasteiger partial charge in [-0.05, 0) is 24.7 Å². The van der Waals surface area contributed by atoms with E-state index in [0.29, 0.717) is 18.9 Å². The van der Waals surface area contributed by atoms with Crippen LogP contribution >= 0.6 is 0 Å². The Morgan fingerprint density at radius 3 is 1.89 bits per heavy atom. The van der Waals surface area contributed by atoms with Crippen LogP contribution in [0.15, 0.2) is 0 Å². The first-order chi connectivity index (χ1) is 9.02. The highest BCUT2D eigenvalue weighted by molar-refractivity contribution is 5.69. The minimum absolute atomic E-state index is 0.0135. The normalized spacial score (nSPS) is 11.3. The molecule has 0 N–H and O–H groups in total. The van der Waals surface area contributed by atoms with E-state index in [1.165, 1.54) is 38.5 Å². The third-order valence-corrected chi connectivity index (χ3v) is 3.37. The van der Waals surface area contributed by atoms with Gasteiger partial charge in [0.1, 0.15) is 0 Å². The molecular formula is C17H34O2. The highest BCUT2D eigenvalue weighted by atomic mass is 16.5. The Labute approximate surface area is 120 Å². The van der Waals surface area contributed by atoms with Crippen LogP contribution in [0.25, 0.3) is 0 Å². The summed E-state index contributed by atoms with van der Waals surface area (Å²) in [5.41, 5.74) is 0. The fraction of sp³-hybridized carbons (Fsp3) is 0.941. The zero-order valence-corrected chi connectivity index (χ0v) is 13.5. The van der Waals surface area contributed by atoms with Crippen molar-refractivity contribution in [2.45, 2.75) is 85.5 Å². The topological polar surface area (TPSA) is 26.3 Å². The van der Waals surface area contributed by atoms with Crippen molar-refractivity contribution in [2.24, 2.45) is 11.8 Å². The van der Waals surface area contributed by atoms with Gasteiger partial charge in [0, 0.05) is 6.42 Å². The number of esters is 1. The Morgan fingerprint density at radius 2 is 1.32 bits per heavy atom. The maximum absolute atomic E-state index is 11.4. The molecule has 0 fully saturated rings. The van der Waals surface area contributed by atoms with Crippen LogP contribution in [-0.2, 0) is 9.53 Å². The molecule has 0 aromatic carbocycles. The second-order valence-electron chi connectivity index (χ2n) is 6.46. The summed E-state index contributed by atoms with van der Waals surface area (Å²) >= 11 is 0. The van der Waals surface area contributed by atoms with Gasteiger partial charge in [-0.25, -0.2) is 0 Å². The molecule has 19 heavy (non-hydrogen) atoms. The third kappa shape index (κ3) is 15.4. The molecule has 2 nitrogen and oxygen atoms in total. The number of hydrogen-bond donors (Lipinski definition) is 0. The zero-order chi connectivity index (χ0) is 14.5. The van der Waals surface area contributed by atoms with Gasteiger partial charge in [-0.2, -0.15) is 0 Å². The van der Waals surface area contributed by atoms with Gasteiger partial charge in [-0.3, -0.25) is 4.79 Å². The number of ether oxygens (including phenoxy) is 1. The highest BCUT2D eigenvalue weighted by Gasteiger charge is 2.03. The molecule has 0 aliphatic carbocycles. The molecule has 0 aromatic heterocycles. The Hall–Kier alpha value is -0.530. The van der Waals surface area contributed by atoms with E-state index in [0.717, 1.165) is 18.8 Å². The highest BCUT2D eigenvalue weighted by Crippen LogP contribution is 2.12. The number of rotatable bonds is 12. The van der Waals surface area contributed by atoms with Crippen molar-refractivity contribution in [2.75, 3.05) is 6.61 Å². The molecule has 0 bridgehead atoms. The molecule has 0 amide bonds. The van der Waals surface area contributed by atoms with E-state index in [2.05, 4.69) is 27.7 Å². The lowest BCUT2D eigenvalue weighted by Crippen LogP contribution is -2.07. The minimum Gasteiger partial charge on any atom is -0.466 e. The summed E-state index contributed by atoms with van der Waals surface area (Å²) in [6.07, 6.45) is 10.4. The fourth-order valence-corrected chi connectivity index (χ4v) is 2.01. The first-order valence-electron chi connectivity index (χ1n) is 8.18. The molecule has 0 spiro atoms. The summed E-state index contributed by atoms with van der Waals surface area (Å²) in [4.78, 5) is 11.4. The van der Waals surface area contributed by atoms with Crippen LogP contribution in [0.1, 0.15) is 85.5 Å². The molecule has 0 atom stereocenters. The fourth-order valence-electron chi connectivity index (χ4n) is 2.01. The van der Waals surface area contributed by atoms with Crippen LogP contribution in [0.4, 0.5) is 0 Å². The van der Waals surface area contributed by atoms with Gasteiger partial charge in [0.2, 0.25) is 0 Å². The molecule has 114 valence electrons. The van der Waals surface area contributed by atoms with Crippen molar-refractivity contribution in [3.05, 3.63) is 0 Å². The average molecular weight is 270 g/mol. The molecule has 0 rings (SSSR count). The van der Waals surface area contributed by atoms with Gasteiger partial charge in [0.05, 0.1) is 6.61 Å². The summed E-state index contributed by atoms with van der Waals surface area (Å²) in [5.74, 6) is 1.43. The Balaban J connectivity index is 3.18. The van der Waals surface area contributed by atoms with Crippen LogP contribution in [-0.4, -0.2) is 12.6 Å². The lowest BCUT2D eigenvalue weighted by molar-refractivity contribution is -0.144. The van der Waals surface area contributed by atoms with Gasteiger partial charge in [-0.1, -0.05) is 66.2 Å². The molecule has 2 heteroatoms. The van der Waals surface area contributed by atoms with Crippen molar-refractivity contribution in [3.8, 4) is 0 Å². The summed E-state index contributed by atoms with van der Waals surface area (Å²) < 4.78 is 5.19. The predicted octanol–water partition coefficient (Wildman–Crippen LogP) is 5.35. The maximum Gasteiger partial charge on any atom is 0.305 e. The quantitative estimate of drug-likeness (QED) is 0.353. The maximum atomic E-state index is 11.4.